The number of hydrogen-bond donors (Lipinski definition) is 1. The van der Waals surface area contributed by atoms with Crippen LogP contribution in [0.4, 0.5) is 0 Å². The van der Waals surface area contributed by atoms with Crippen LogP contribution in [0.5, 0.6) is 5.75 Å². The largest absolute Gasteiger partial charge is 0.493 e. The van der Waals surface area contributed by atoms with E-state index in [9.17, 15) is 0 Å². The van der Waals surface area contributed by atoms with Crippen molar-refractivity contribution in [2.45, 2.75) is 40.2 Å². The van der Waals surface area contributed by atoms with Crippen LogP contribution in [-0.4, -0.2) is 13.7 Å². The lowest BCUT2D eigenvalue weighted by Crippen LogP contribution is -2.12. The number of methoxy groups -OCH3 is 1. The summed E-state index contributed by atoms with van der Waals surface area (Å²) in [6.45, 7) is 8.15. The maximum Gasteiger partial charge on any atom is 0.176 e. The van der Waals surface area contributed by atoms with Crippen LogP contribution in [0.15, 0.2) is 16.5 Å². The first kappa shape index (κ1) is 13.9. The minimum atomic E-state index is 0.777. The summed E-state index contributed by atoms with van der Waals surface area (Å²) in [7, 11) is 1.70. The van der Waals surface area contributed by atoms with E-state index in [0.717, 1.165) is 43.0 Å². The van der Waals surface area contributed by atoms with Gasteiger partial charge in [0.05, 0.1) is 13.7 Å². The molecule has 0 amide bonds. The van der Waals surface area contributed by atoms with Crippen molar-refractivity contribution in [2.75, 3.05) is 13.7 Å². The third kappa shape index (κ3) is 2.61. The molecule has 0 radical (unpaired) electrons. The van der Waals surface area contributed by atoms with Gasteiger partial charge in [-0.2, -0.15) is 0 Å². The quantitative estimate of drug-likeness (QED) is 0.861. The fourth-order valence-corrected chi connectivity index (χ4v) is 2.45. The lowest BCUT2D eigenvalue weighted by atomic mass is 10.0. The van der Waals surface area contributed by atoms with Gasteiger partial charge in [-0.3, -0.25) is 0 Å². The fourth-order valence-electron chi connectivity index (χ4n) is 2.45. The molecular formula is C16H23NO2. The zero-order valence-electron chi connectivity index (χ0n) is 12.3. The Hall–Kier alpha value is -1.48. The lowest BCUT2D eigenvalue weighted by Gasteiger charge is -2.04. The van der Waals surface area contributed by atoms with E-state index in [0.29, 0.717) is 0 Å². The van der Waals surface area contributed by atoms with Gasteiger partial charge in [-0.05, 0) is 37.1 Å². The van der Waals surface area contributed by atoms with Crippen molar-refractivity contribution in [1.82, 2.24) is 5.32 Å². The summed E-state index contributed by atoms with van der Waals surface area (Å²) in [5.74, 6) is 1.87. The van der Waals surface area contributed by atoms with E-state index in [1.165, 1.54) is 16.5 Å². The van der Waals surface area contributed by atoms with Crippen LogP contribution in [0.3, 0.4) is 0 Å². The average molecular weight is 261 g/mol. The van der Waals surface area contributed by atoms with Gasteiger partial charge in [0.2, 0.25) is 0 Å². The Labute approximate surface area is 114 Å². The van der Waals surface area contributed by atoms with E-state index >= 15 is 0 Å². The average Bonchev–Trinajstić information content (AvgIpc) is 2.81. The van der Waals surface area contributed by atoms with Crippen molar-refractivity contribution in [2.24, 2.45) is 0 Å². The fraction of sp³-hybridized carbons (Fsp3) is 0.500. The van der Waals surface area contributed by atoms with Crippen molar-refractivity contribution >= 4 is 11.0 Å². The van der Waals surface area contributed by atoms with Crippen molar-refractivity contribution in [3.63, 3.8) is 0 Å². The second-order valence-electron chi connectivity index (χ2n) is 4.67. The third-order valence-electron chi connectivity index (χ3n) is 3.52. The summed E-state index contributed by atoms with van der Waals surface area (Å²) in [5.41, 5.74) is 3.46. The predicted molar refractivity (Wildman–Crippen MR) is 78.9 cm³/mol. The molecule has 0 spiro atoms. The first-order valence-corrected chi connectivity index (χ1v) is 7.06. The van der Waals surface area contributed by atoms with E-state index in [1.807, 2.05) is 0 Å². The highest BCUT2D eigenvalue weighted by molar-refractivity contribution is 5.88. The molecule has 2 rings (SSSR count). The maximum atomic E-state index is 6.03. The molecule has 3 nitrogen and oxygen atoms in total. The number of furan rings is 1. The van der Waals surface area contributed by atoms with Crippen LogP contribution >= 0.6 is 0 Å². The number of hydrogen-bond acceptors (Lipinski definition) is 3. The molecule has 0 saturated carbocycles. The molecule has 0 bridgehead atoms. The van der Waals surface area contributed by atoms with Crippen LogP contribution in [0, 0.1) is 0 Å². The van der Waals surface area contributed by atoms with Gasteiger partial charge < -0.3 is 14.5 Å². The van der Waals surface area contributed by atoms with E-state index in [2.05, 4.69) is 38.2 Å². The van der Waals surface area contributed by atoms with E-state index in [4.69, 9.17) is 9.15 Å². The second-order valence-corrected chi connectivity index (χ2v) is 4.67. The summed E-state index contributed by atoms with van der Waals surface area (Å²) in [4.78, 5) is 0. The van der Waals surface area contributed by atoms with Crippen LogP contribution in [0.2, 0.25) is 0 Å². The zero-order valence-corrected chi connectivity index (χ0v) is 12.3. The van der Waals surface area contributed by atoms with Gasteiger partial charge in [-0.15, -0.1) is 0 Å². The topological polar surface area (TPSA) is 34.4 Å². The highest BCUT2D eigenvalue weighted by Crippen LogP contribution is 2.34. The predicted octanol–water partition coefficient (Wildman–Crippen LogP) is 3.68. The molecule has 1 heterocycles. The summed E-state index contributed by atoms with van der Waals surface area (Å²) in [6.07, 6.45) is 1.98. The molecule has 1 aromatic heterocycles. The van der Waals surface area contributed by atoms with Crippen LogP contribution in [0.1, 0.15) is 37.7 Å². The minimum absolute atomic E-state index is 0.777. The lowest BCUT2D eigenvalue weighted by molar-refractivity contribution is 0.405. The Kier molecular flexibility index (Phi) is 4.48. The van der Waals surface area contributed by atoms with Gasteiger partial charge in [-0.25, -0.2) is 0 Å². The third-order valence-corrected chi connectivity index (χ3v) is 3.52. The number of rotatable bonds is 6. The standard InChI is InChI=1S/C16H23NO2/c1-5-11-8-13-12(6-2)15(10-17-7-3)19-16(13)14(9-11)18-4/h8-9,17H,5-7,10H2,1-4H3. The Morgan fingerprint density at radius 3 is 2.53 bits per heavy atom. The maximum absolute atomic E-state index is 6.03. The molecule has 0 aliphatic carbocycles. The Morgan fingerprint density at radius 1 is 1.16 bits per heavy atom. The molecule has 104 valence electrons. The number of nitrogens with one attached hydrogen (secondary N) is 1. The summed E-state index contributed by atoms with van der Waals surface area (Å²) in [6, 6.07) is 4.30. The molecule has 0 saturated heterocycles. The van der Waals surface area contributed by atoms with Crippen molar-refractivity contribution in [3.8, 4) is 5.75 Å². The summed E-state index contributed by atoms with van der Waals surface area (Å²) < 4.78 is 11.5. The van der Waals surface area contributed by atoms with Crippen LogP contribution in [0.25, 0.3) is 11.0 Å². The first-order chi connectivity index (χ1) is 9.24. The summed E-state index contributed by atoms with van der Waals surface area (Å²) >= 11 is 0. The van der Waals surface area contributed by atoms with E-state index in [-0.39, 0.29) is 0 Å². The van der Waals surface area contributed by atoms with Crippen molar-refractivity contribution < 1.29 is 9.15 Å². The monoisotopic (exact) mass is 261 g/mol. The first-order valence-electron chi connectivity index (χ1n) is 7.06. The Bertz CT molecular complexity index is 557. The highest BCUT2D eigenvalue weighted by Gasteiger charge is 2.16. The van der Waals surface area contributed by atoms with Crippen molar-refractivity contribution in [3.05, 3.63) is 29.0 Å². The number of benzene rings is 1. The Balaban J connectivity index is 2.60. The molecule has 2 aromatic rings. The molecule has 1 aromatic carbocycles. The SMILES string of the molecule is CCNCc1oc2c(OC)cc(CC)cc2c1CC. The zero-order chi connectivity index (χ0) is 13.8. The second kappa shape index (κ2) is 6.11. The molecule has 0 aliphatic heterocycles. The number of aryl methyl sites for hydroxylation is 2. The van der Waals surface area contributed by atoms with Gasteiger partial charge in [0, 0.05) is 10.9 Å². The van der Waals surface area contributed by atoms with Crippen molar-refractivity contribution in [1.29, 1.82) is 0 Å². The summed E-state index contributed by atoms with van der Waals surface area (Å²) in [5, 5.41) is 4.53. The molecule has 1 N–H and O–H groups in total. The molecule has 0 atom stereocenters. The van der Waals surface area contributed by atoms with Gasteiger partial charge in [-0.1, -0.05) is 20.8 Å². The van der Waals surface area contributed by atoms with Crippen LogP contribution in [-0.2, 0) is 19.4 Å². The number of ether oxygens (including phenoxy) is 1. The van der Waals surface area contributed by atoms with Gasteiger partial charge in [0.1, 0.15) is 5.76 Å². The van der Waals surface area contributed by atoms with E-state index < -0.39 is 0 Å². The highest BCUT2D eigenvalue weighted by atomic mass is 16.5. The molecule has 0 unspecified atom stereocenters. The van der Waals surface area contributed by atoms with E-state index in [1.54, 1.807) is 7.11 Å². The van der Waals surface area contributed by atoms with Gasteiger partial charge >= 0.3 is 0 Å². The number of fused-ring (bicyclic) bond motifs is 1. The molecule has 3 heteroatoms. The minimum Gasteiger partial charge on any atom is -0.493 e. The molecule has 0 aliphatic rings. The Morgan fingerprint density at radius 2 is 1.95 bits per heavy atom. The smallest absolute Gasteiger partial charge is 0.176 e. The normalized spacial score (nSPS) is 11.2. The molecule has 19 heavy (non-hydrogen) atoms. The molecular weight excluding hydrogens is 238 g/mol. The van der Waals surface area contributed by atoms with Gasteiger partial charge in [0.25, 0.3) is 0 Å². The molecule has 0 fully saturated rings. The van der Waals surface area contributed by atoms with Crippen LogP contribution < -0.4 is 10.1 Å². The van der Waals surface area contributed by atoms with Gasteiger partial charge in [0.15, 0.2) is 11.3 Å².